The first kappa shape index (κ1) is 24.9. The molecule has 0 radical (unpaired) electrons. The Morgan fingerprint density at radius 3 is 2.83 bits per heavy atom. The molecular formula is C22H33FIN3O3. The highest BCUT2D eigenvalue weighted by Gasteiger charge is 2.13. The third-order valence-electron chi connectivity index (χ3n) is 5.17. The van der Waals surface area contributed by atoms with Gasteiger partial charge in [-0.25, -0.2) is 9.38 Å². The van der Waals surface area contributed by atoms with Crippen LogP contribution in [0.3, 0.4) is 0 Å². The number of rotatable bonds is 9. The summed E-state index contributed by atoms with van der Waals surface area (Å²) in [6.07, 6.45) is 3.11. The molecule has 2 N–H and O–H groups in total. The van der Waals surface area contributed by atoms with Crippen molar-refractivity contribution in [3.63, 3.8) is 0 Å². The van der Waals surface area contributed by atoms with Crippen molar-refractivity contribution in [2.24, 2.45) is 10.9 Å². The summed E-state index contributed by atoms with van der Waals surface area (Å²) in [7, 11) is 0. The molecule has 8 heteroatoms. The maximum atomic E-state index is 13.5. The van der Waals surface area contributed by atoms with Crippen molar-refractivity contribution >= 4 is 40.9 Å². The summed E-state index contributed by atoms with van der Waals surface area (Å²) < 4.78 is 30.5. The van der Waals surface area contributed by atoms with Gasteiger partial charge in [0, 0.05) is 50.5 Å². The van der Waals surface area contributed by atoms with E-state index in [4.69, 9.17) is 13.9 Å². The number of ether oxygens (including phenoxy) is 2. The van der Waals surface area contributed by atoms with Crippen LogP contribution in [-0.2, 0) is 16.0 Å². The maximum Gasteiger partial charge on any atom is 0.191 e. The molecule has 1 aliphatic rings. The van der Waals surface area contributed by atoms with Gasteiger partial charge in [-0.05, 0) is 57.2 Å². The smallest absolute Gasteiger partial charge is 0.191 e. The lowest BCUT2D eigenvalue weighted by molar-refractivity contribution is 0.0203. The van der Waals surface area contributed by atoms with Gasteiger partial charge in [-0.2, -0.15) is 0 Å². The minimum atomic E-state index is -0.259. The third kappa shape index (κ3) is 7.39. The Hall–Kier alpha value is -1.39. The molecule has 0 bridgehead atoms. The summed E-state index contributed by atoms with van der Waals surface area (Å²) in [4.78, 5) is 4.61. The third-order valence-corrected chi connectivity index (χ3v) is 5.17. The van der Waals surface area contributed by atoms with Gasteiger partial charge in [-0.3, -0.25) is 0 Å². The van der Waals surface area contributed by atoms with Crippen LogP contribution in [0.25, 0.3) is 11.0 Å². The first-order chi connectivity index (χ1) is 14.2. The number of nitrogens with zero attached hydrogens (tertiary/aromatic N) is 1. The molecule has 0 spiro atoms. The lowest BCUT2D eigenvalue weighted by Gasteiger charge is -2.21. The van der Waals surface area contributed by atoms with Gasteiger partial charge in [0.2, 0.25) is 0 Å². The van der Waals surface area contributed by atoms with E-state index in [1.165, 1.54) is 12.1 Å². The molecule has 0 unspecified atom stereocenters. The molecule has 2 heterocycles. The lowest BCUT2D eigenvalue weighted by Crippen LogP contribution is -2.38. The second kappa shape index (κ2) is 13.1. The molecule has 1 aromatic carbocycles. The van der Waals surface area contributed by atoms with Crippen LogP contribution >= 0.6 is 24.0 Å². The fraction of sp³-hybridized carbons (Fsp3) is 0.591. The molecule has 2 aromatic rings. The molecule has 3 rings (SSSR count). The van der Waals surface area contributed by atoms with E-state index >= 15 is 0 Å². The van der Waals surface area contributed by atoms with Gasteiger partial charge >= 0.3 is 0 Å². The van der Waals surface area contributed by atoms with Gasteiger partial charge in [0.25, 0.3) is 0 Å². The van der Waals surface area contributed by atoms with Crippen LogP contribution < -0.4 is 10.6 Å². The van der Waals surface area contributed by atoms with E-state index in [1.54, 1.807) is 6.07 Å². The Labute approximate surface area is 195 Å². The molecule has 168 valence electrons. The zero-order valence-electron chi connectivity index (χ0n) is 17.8. The van der Waals surface area contributed by atoms with E-state index < -0.39 is 0 Å². The Kier molecular flexibility index (Phi) is 10.9. The second-order valence-electron chi connectivity index (χ2n) is 7.40. The monoisotopic (exact) mass is 533 g/mol. The summed E-state index contributed by atoms with van der Waals surface area (Å²) in [6, 6.07) is 4.58. The Morgan fingerprint density at radius 2 is 2.07 bits per heavy atom. The average molecular weight is 533 g/mol. The largest absolute Gasteiger partial charge is 0.459 e. The molecule has 6 nitrogen and oxygen atoms in total. The number of nitrogens with one attached hydrogen (secondary N) is 2. The van der Waals surface area contributed by atoms with Crippen molar-refractivity contribution < 1.29 is 18.3 Å². The van der Waals surface area contributed by atoms with Crippen molar-refractivity contribution in [2.45, 2.75) is 39.7 Å². The van der Waals surface area contributed by atoms with Gasteiger partial charge in [-0.1, -0.05) is 0 Å². The van der Waals surface area contributed by atoms with E-state index in [1.807, 2.05) is 13.8 Å². The summed E-state index contributed by atoms with van der Waals surface area (Å²) in [5.74, 6) is 1.87. The topological polar surface area (TPSA) is 68.0 Å². The molecule has 30 heavy (non-hydrogen) atoms. The molecule has 0 aliphatic carbocycles. The first-order valence-corrected chi connectivity index (χ1v) is 10.5. The number of guanidine groups is 1. The van der Waals surface area contributed by atoms with Crippen molar-refractivity contribution in [2.75, 3.05) is 39.5 Å². The molecule has 0 amide bonds. The predicted octanol–water partition coefficient (Wildman–Crippen LogP) is 4.39. The minimum Gasteiger partial charge on any atom is -0.459 e. The maximum absolute atomic E-state index is 13.5. The van der Waals surface area contributed by atoms with Crippen LogP contribution in [0, 0.1) is 18.7 Å². The van der Waals surface area contributed by atoms with Gasteiger partial charge in [0.05, 0.1) is 0 Å². The fourth-order valence-electron chi connectivity index (χ4n) is 3.43. The highest BCUT2D eigenvalue weighted by molar-refractivity contribution is 14.0. The van der Waals surface area contributed by atoms with E-state index in [-0.39, 0.29) is 29.8 Å². The van der Waals surface area contributed by atoms with Crippen molar-refractivity contribution in [1.29, 1.82) is 0 Å². The number of aliphatic imine (C=N–C) groups is 1. The Balaban J connectivity index is 0.00000320. The standard InChI is InChI=1S/C22H32FN3O3.HI/c1-3-24-22(25-9-4-10-28-15-17-7-11-27-12-8-17)26-14-21-16(2)19-13-18(23)5-6-20(19)29-21;/h5-6,13,17H,3-4,7-12,14-15H2,1-2H3,(H2,24,25,26);1H. The minimum absolute atomic E-state index is 0. The second-order valence-corrected chi connectivity index (χ2v) is 7.40. The summed E-state index contributed by atoms with van der Waals surface area (Å²) in [5, 5.41) is 7.37. The molecule has 1 fully saturated rings. The highest BCUT2D eigenvalue weighted by atomic mass is 127. The summed E-state index contributed by atoms with van der Waals surface area (Å²) in [5.41, 5.74) is 1.62. The number of benzene rings is 1. The Morgan fingerprint density at radius 1 is 1.27 bits per heavy atom. The van der Waals surface area contributed by atoms with E-state index in [2.05, 4.69) is 15.6 Å². The number of hydrogen-bond donors (Lipinski definition) is 2. The molecule has 0 saturated carbocycles. The lowest BCUT2D eigenvalue weighted by atomic mass is 10.0. The van der Waals surface area contributed by atoms with Crippen LogP contribution in [-0.4, -0.2) is 45.5 Å². The predicted molar refractivity (Wildman–Crippen MR) is 128 cm³/mol. The normalized spacial score (nSPS) is 15.2. The fourth-order valence-corrected chi connectivity index (χ4v) is 3.43. The summed E-state index contributed by atoms with van der Waals surface area (Å²) >= 11 is 0. The number of furan rings is 1. The van der Waals surface area contributed by atoms with Gasteiger partial charge in [-0.15, -0.1) is 24.0 Å². The molecular weight excluding hydrogens is 500 g/mol. The quantitative estimate of drug-likeness (QED) is 0.217. The zero-order chi connectivity index (χ0) is 20.5. The average Bonchev–Trinajstić information content (AvgIpc) is 3.04. The van der Waals surface area contributed by atoms with Gasteiger partial charge in [0.1, 0.15) is 23.7 Å². The molecule has 1 aromatic heterocycles. The van der Waals surface area contributed by atoms with Crippen LogP contribution in [0.2, 0.25) is 0 Å². The molecule has 1 aliphatic heterocycles. The van der Waals surface area contributed by atoms with Crippen LogP contribution in [0.5, 0.6) is 0 Å². The number of fused-ring (bicyclic) bond motifs is 1. The van der Waals surface area contributed by atoms with Crippen LogP contribution in [0.15, 0.2) is 27.6 Å². The molecule has 1 saturated heterocycles. The SMILES string of the molecule is CCNC(=NCc1oc2ccc(F)cc2c1C)NCCCOCC1CCOCC1.I. The van der Waals surface area contributed by atoms with Crippen molar-refractivity contribution in [3.8, 4) is 0 Å². The van der Waals surface area contributed by atoms with Crippen LogP contribution in [0.1, 0.15) is 37.5 Å². The van der Waals surface area contributed by atoms with Gasteiger partial charge < -0.3 is 24.5 Å². The first-order valence-electron chi connectivity index (χ1n) is 10.5. The van der Waals surface area contributed by atoms with Crippen molar-refractivity contribution in [1.82, 2.24) is 10.6 Å². The highest BCUT2D eigenvalue weighted by Crippen LogP contribution is 2.26. The Bertz CT molecular complexity index is 806. The van der Waals surface area contributed by atoms with E-state index in [9.17, 15) is 4.39 Å². The van der Waals surface area contributed by atoms with E-state index in [0.29, 0.717) is 18.0 Å². The number of halogens is 2. The number of hydrogen-bond acceptors (Lipinski definition) is 4. The summed E-state index contributed by atoms with van der Waals surface area (Å²) in [6.45, 7) is 9.20. The zero-order valence-corrected chi connectivity index (χ0v) is 20.2. The van der Waals surface area contributed by atoms with Crippen LogP contribution in [0.4, 0.5) is 4.39 Å². The van der Waals surface area contributed by atoms with E-state index in [0.717, 1.165) is 81.4 Å². The van der Waals surface area contributed by atoms with Crippen molar-refractivity contribution in [3.05, 3.63) is 35.3 Å². The number of aryl methyl sites for hydroxylation is 1. The van der Waals surface area contributed by atoms with Gasteiger partial charge in [0.15, 0.2) is 5.96 Å². The molecule has 0 atom stereocenters.